The van der Waals surface area contributed by atoms with Gasteiger partial charge in [0, 0.05) is 6.07 Å². The van der Waals surface area contributed by atoms with Crippen LogP contribution >= 0.6 is 0 Å². The van der Waals surface area contributed by atoms with Gasteiger partial charge in [-0.1, -0.05) is 12.1 Å². The van der Waals surface area contributed by atoms with Crippen LogP contribution in [0.3, 0.4) is 0 Å². The van der Waals surface area contributed by atoms with Gasteiger partial charge in [-0.25, -0.2) is 0 Å². The second-order valence-corrected chi connectivity index (χ2v) is 4.25. The number of rotatable bonds is 5. The number of para-hydroxylation sites is 1. The van der Waals surface area contributed by atoms with E-state index in [9.17, 15) is 14.9 Å². The van der Waals surface area contributed by atoms with Crippen LogP contribution in [0.5, 0.6) is 0 Å². The summed E-state index contributed by atoms with van der Waals surface area (Å²) in [5.74, 6) is -0.0895. The fourth-order valence-corrected chi connectivity index (χ4v) is 1.76. The molecule has 0 fully saturated rings. The van der Waals surface area contributed by atoms with Crippen molar-refractivity contribution in [2.75, 3.05) is 0 Å². The molecule has 7 heteroatoms. The SMILES string of the molecule is N#CC(=Cc1ccccc1[N+](=O)[O-])C(=O)NCc1ccco1. The number of nitro benzene ring substituents is 1. The predicted molar refractivity (Wildman–Crippen MR) is 77.2 cm³/mol. The molecule has 0 aliphatic rings. The maximum Gasteiger partial charge on any atom is 0.276 e. The Labute approximate surface area is 125 Å². The van der Waals surface area contributed by atoms with E-state index in [0.29, 0.717) is 5.76 Å². The topological polar surface area (TPSA) is 109 Å². The molecule has 1 N–H and O–H groups in total. The molecular formula is C15H11N3O4. The molecule has 1 aromatic heterocycles. The van der Waals surface area contributed by atoms with E-state index in [1.165, 1.54) is 30.5 Å². The molecule has 110 valence electrons. The molecule has 0 saturated heterocycles. The first-order valence-electron chi connectivity index (χ1n) is 6.27. The third-order valence-corrected chi connectivity index (χ3v) is 2.80. The third kappa shape index (κ3) is 3.58. The van der Waals surface area contributed by atoms with Crippen molar-refractivity contribution in [2.24, 2.45) is 0 Å². The van der Waals surface area contributed by atoms with Gasteiger partial charge in [0.2, 0.25) is 0 Å². The smallest absolute Gasteiger partial charge is 0.276 e. The molecule has 0 radical (unpaired) electrons. The van der Waals surface area contributed by atoms with Gasteiger partial charge in [0.05, 0.1) is 23.3 Å². The monoisotopic (exact) mass is 297 g/mol. The van der Waals surface area contributed by atoms with Crippen molar-refractivity contribution in [2.45, 2.75) is 6.54 Å². The van der Waals surface area contributed by atoms with Crippen molar-refractivity contribution in [3.05, 3.63) is 69.7 Å². The quantitative estimate of drug-likeness (QED) is 0.394. The average Bonchev–Trinajstić information content (AvgIpc) is 3.04. The summed E-state index contributed by atoms with van der Waals surface area (Å²) in [6, 6.07) is 11.0. The lowest BCUT2D eigenvalue weighted by molar-refractivity contribution is -0.385. The molecule has 2 rings (SSSR count). The van der Waals surface area contributed by atoms with E-state index in [1.807, 2.05) is 0 Å². The molecule has 1 amide bonds. The lowest BCUT2D eigenvalue weighted by atomic mass is 10.1. The summed E-state index contributed by atoms with van der Waals surface area (Å²) in [6.45, 7) is 0.127. The van der Waals surface area contributed by atoms with E-state index in [-0.39, 0.29) is 23.4 Å². The van der Waals surface area contributed by atoms with E-state index < -0.39 is 10.8 Å². The lowest BCUT2D eigenvalue weighted by Crippen LogP contribution is -2.23. The Morgan fingerprint density at radius 3 is 2.77 bits per heavy atom. The maximum atomic E-state index is 11.9. The van der Waals surface area contributed by atoms with E-state index >= 15 is 0 Å². The van der Waals surface area contributed by atoms with Crippen LogP contribution in [0.4, 0.5) is 5.69 Å². The fourth-order valence-electron chi connectivity index (χ4n) is 1.76. The number of furan rings is 1. The highest BCUT2D eigenvalue weighted by Gasteiger charge is 2.14. The zero-order chi connectivity index (χ0) is 15.9. The number of carbonyl (C=O) groups is 1. The Morgan fingerprint density at radius 2 is 2.14 bits per heavy atom. The number of nitriles is 1. The van der Waals surface area contributed by atoms with Crippen molar-refractivity contribution >= 4 is 17.7 Å². The van der Waals surface area contributed by atoms with Crippen LogP contribution in [0.2, 0.25) is 0 Å². The van der Waals surface area contributed by atoms with Gasteiger partial charge in [-0.3, -0.25) is 14.9 Å². The average molecular weight is 297 g/mol. The Kier molecular flexibility index (Phi) is 4.67. The van der Waals surface area contributed by atoms with E-state index in [0.717, 1.165) is 0 Å². The van der Waals surface area contributed by atoms with Crippen molar-refractivity contribution in [1.82, 2.24) is 5.32 Å². The molecular weight excluding hydrogens is 286 g/mol. The zero-order valence-electron chi connectivity index (χ0n) is 11.4. The zero-order valence-corrected chi connectivity index (χ0v) is 11.4. The van der Waals surface area contributed by atoms with Gasteiger partial charge in [-0.2, -0.15) is 5.26 Å². The number of carbonyl (C=O) groups excluding carboxylic acids is 1. The first-order valence-corrected chi connectivity index (χ1v) is 6.27. The van der Waals surface area contributed by atoms with E-state index in [4.69, 9.17) is 9.68 Å². The molecule has 0 spiro atoms. The number of nitro groups is 1. The molecule has 0 bridgehead atoms. The number of nitrogens with zero attached hydrogens (tertiary/aromatic N) is 2. The van der Waals surface area contributed by atoms with Crippen LogP contribution in [0.25, 0.3) is 6.08 Å². The summed E-state index contributed by atoms with van der Waals surface area (Å²) in [5, 5.41) is 22.5. The highest BCUT2D eigenvalue weighted by molar-refractivity contribution is 6.02. The van der Waals surface area contributed by atoms with Gasteiger partial charge in [0.25, 0.3) is 11.6 Å². The molecule has 0 unspecified atom stereocenters. The molecule has 1 heterocycles. The molecule has 2 aromatic rings. The summed E-state index contributed by atoms with van der Waals surface area (Å²) >= 11 is 0. The first kappa shape index (κ1) is 15.0. The van der Waals surface area contributed by atoms with Gasteiger partial charge in [0.1, 0.15) is 17.4 Å². The van der Waals surface area contributed by atoms with Crippen LogP contribution < -0.4 is 5.32 Å². The summed E-state index contributed by atoms with van der Waals surface area (Å²) in [6.07, 6.45) is 2.66. The van der Waals surface area contributed by atoms with Crippen LogP contribution in [0.1, 0.15) is 11.3 Å². The molecule has 22 heavy (non-hydrogen) atoms. The molecule has 0 aliphatic heterocycles. The first-order chi connectivity index (χ1) is 10.6. The van der Waals surface area contributed by atoms with Crippen molar-refractivity contribution < 1.29 is 14.1 Å². The molecule has 1 aromatic carbocycles. The van der Waals surface area contributed by atoms with Gasteiger partial charge >= 0.3 is 0 Å². The van der Waals surface area contributed by atoms with Gasteiger partial charge < -0.3 is 9.73 Å². The molecule has 7 nitrogen and oxygen atoms in total. The number of hydrogen-bond acceptors (Lipinski definition) is 5. The summed E-state index contributed by atoms with van der Waals surface area (Å²) in [7, 11) is 0. The van der Waals surface area contributed by atoms with Crippen molar-refractivity contribution in [3.8, 4) is 6.07 Å². The Hall–Kier alpha value is -3.40. The molecule has 0 aliphatic carbocycles. The van der Waals surface area contributed by atoms with Gasteiger partial charge in [-0.15, -0.1) is 0 Å². The summed E-state index contributed by atoms with van der Waals surface area (Å²) in [5.41, 5.74) is -0.202. The number of amides is 1. The Bertz CT molecular complexity index is 757. The minimum atomic E-state index is -0.628. The highest BCUT2D eigenvalue weighted by Crippen LogP contribution is 2.20. The summed E-state index contributed by atoms with van der Waals surface area (Å²) < 4.78 is 5.06. The largest absolute Gasteiger partial charge is 0.467 e. The number of benzene rings is 1. The number of nitrogens with one attached hydrogen (secondary N) is 1. The number of hydrogen-bond donors (Lipinski definition) is 1. The van der Waals surface area contributed by atoms with Crippen LogP contribution in [-0.2, 0) is 11.3 Å². The lowest BCUT2D eigenvalue weighted by Gasteiger charge is -2.02. The third-order valence-electron chi connectivity index (χ3n) is 2.80. The molecule has 0 saturated carbocycles. The van der Waals surface area contributed by atoms with E-state index in [1.54, 1.807) is 24.3 Å². The highest BCUT2D eigenvalue weighted by atomic mass is 16.6. The fraction of sp³-hybridized carbons (Fsp3) is 0.0667. The normalized spacial score (nSPS) is 10.8. The van der Waals surface area contributed by atoms with Crippen molar-refractivity contribution in [3.63, 3.8) is 0 Å². The maximum absolute atomic E-state index is 11.9. The minimum Gasteiger partial charge on any atom is -0.467 e. The Morgan fingerprint density at radius 1 is 1.36 bits per heavy atom. The predicted octanol–water partition coefficient (Wildman–Crippen LogP) is 2.41. The van der Waals surface area contributed by atoms with Gasteiger partial charge in [0.15, 0.2) is 0 Å². The standard InChI is InChI=1S/C15H11N3O4/c16-9-12(15(19)17-10-13-5-3-7-22-13)8-11-4-1-2-6-14(11)18(20)21/h1-8H,10H2,(H,17,19). The second kappa shape index (κ2) is 6.85. The summed E-state index contributed by atoms with van der Waals surface area (Å²) in [4.78, 5) is 22.3. The Balaban J connectivity index is 2.19. The molecule has 0 atom stereocenters. The van der Waals surface area contributed by atoms with Gasteiger partial charge in [-0.05, 0) is 24.3 Å². The van der Waals surface area contributed by atoms with E-state index in [2.05, 4.69) is 5.32 Å². The minimum absolute atomic E-state index is 0.127. The van der Waals surface area contributed by atoms with Crippen LogP contribution in [0.15, 0.2) is 52.7 Å². The van der Waals surface area contributed by atoms with Crippen molar-refractivity contribution in [1.29, 1.82) is 5.26 Å². The van der Waals surface area contributed by atoms with Crippen LogP contribution in [-0.4, -0.2) is 10.8 Å². The van der Waals surface area contributed by atoms with Crippen LogP contribution in [0, 0.1) is 21.4 Å². The second-order valence-electron chi connectivity index (χ2n) is 4.25.